The molecule has 1 heterocycles. The maximum Gasteiger partial charge on any atom is 0.230 e. The molecule has 3 rings (SSSR count). The predicted molar refractivity (Wildman–Crippen MR) is 105 cm³/mol. The van der Waals surface area contributed by atoms with Crippen molar-refractivity contribution in [2.45, 2.75) is 27.2 Å². The molecule has 1 aromatic heterocycles. The number of carbonyl (C=O) groups is 1. The lowest BCUT2D eigenvalue weighted by molar-refractivity contribution is -0.123. The van der Waals surface area contributed by atoms with E-state index < -0.39 is 5.41 Å². The van der Waals surface area contributed by atoms with Gasteiger partial charge in [-0.05, 0) is 28.5 Å². The molecule has 0 saturated carbocycles. The first-order valence-electron chi connectivity index (χ1n) is 8.56. The van der Waals surface area contributed by atoms with Crippen LogP contribution in [0.25, 0.3) is 22.0 Å². The lowest BCUT2D eigenvalue weighted by Crippen LogP contribution is -2.28. The number of nitriles is 1. The Morgan fingerprint density at radius 1 is 1.04 bits per heavy atom. The van der Waals surface area contributed by atoms with E-state index >= 15 is 0 Å². The Balaban J connectivity index is 2.05. The third-order valence-electron chi connectivity index (χ3n) is 4.23. The Morgan fingerprint density at radius 2 is 1.77 bits per heavy atom. The average molecular weight is 343 g/mol. The number of aromatic nitrogens is 1. The zero-order valence-corrected chi connectivity index (χ0v) is 15.2. The van der Waals surface area contributed by atoms with Crippen molar-refractivity contribution in [3.8, 4) is 17.3 Å². The Morgan fingerprint density at radius 3 is 2.46 bits per heavy atom. The van der Waals surface area contributed by atoms with Gasteiger partial charge in [0.2, 0.25) is 5.91 Å². The standard InChI is InChI=1S/C22H21N3O/c1-22(2,3)21(26)25-20-10-6-9-19(24-20)18-12-11-15(13-14-23)16-7-4-5-8-17(16)18/h4-12H,13H2,1-3H3,(H,24,25,26). The molecule has 2 aromatic carbocycles. The van der Waals surface area contributed by atoms with Crippen LogP contribution in [-0.2, 0) is 11.2 Å². The minimum absolute atomic E-state index is 0.0728. The Kier molecular flexibility index (Phi) is 4.73. The fourth-order valence-corrected chi connectivity index (χ4v) is 2.78. The van der Waals surface area contributed by atoms with E-state index in [1.165, 1.54) is 0 Å². The summed E-state index contributed by atoms with van der Waals surface area (Å²) < 4.78 is 0. The van der Waals surface area contributed by atoms with E-state index in [0.717, 1.165) is 27.6 Å². The summed E-state index contributed by atoms with van der Waals surface area (Å²) in [4.78, 5) is 16.9. The number of nitrogens with one attached hydrogen (secondary N) is 1. The molecule has 4 nitrogen and oxygen atoms in total. The third kappa shape index (κ3) is 3.57. The fraction of sp³-hybridized carbons (Fsp3) is 0.227. The normalized spacial score (nSPS) is 11.2. The maximum absolute atomic E-state index is 12.2. The van der Waals surface area contributed by atoms with Crippen molar-refractivity contribution < 1.29 is 4.79 Å². The largest absolute Gasteiger partial charge is 0.310 e. The first-order valence-corrected chi connectivity index (χ1v) is 8.56. The molecule has 0 aliphatic rings. The van der Waals surface area contributed by atoms with Crippen LogP contribution in [0.4, 0.5) is 5.82 Å². The van der Waals surface area contributed by atoms with E-state index in [1.807, 2.05) is 69.3 Å². The molecule has 0 bridgehead atoms. The molecule has 0 fully saturated rings. The summed E-state index contributed by atoms with van der Waals surface area (Å²) in [6.07, 6.45) is 0.371. The number of benzene rings is 2. The predicted octanol–water partition coefficient (Wildman–Crippen LogP) is 4.95. The van der Waals surface area contributed by atoms with Crippen LogP contribution < -0.4 is 5.32 Å². The zero-order valence-electron chi connectivity index (χ0n) is 15.2. The van der Waals surface area contributed by atoms with E-state index in [-0.39, 0.29) is 5.91 Å². The number of carbonyl (C=O) groups excluding carboxylic acids is 1. The number of hydrogen-bond acceptors (Lipinski definition) is 3. The number of nitrogens with zero attached hydrogens (tertiary/aromatic N) is 2. The molecule has 0 unspecified atom stereocenters. The van der Waals surface area contributed by atoms with Crippen LogP contribution in [0.5, 0.6) is 0 Å². The van der Waals surface area contributed by atoms with Crippen molar-refractivity contribution in [3.63, 3.8) is 0 Å². The lowest BCUT2D eigenvalue weighted by Gasteiger charge is -2.17. The van der Waals surface area contributed by atoms with Crippen molar-refractivity contribution >= 4 is 22.5 Å². The fourth-order valence-electron chi connectivity index (χ4n) is 2.78. The average Bonchev–Trinajstić information content (AvgIpc) is 2.61. The molecule has 1 N–H and O–H groups in total. The van der Waals surface area contributed by atoms with Crippen molar-refractivity contribution in [1.82, 2.24) is 4.98 Å². The van der Waals surface area contributed by atoms with Gasteiger partial charge < -0.3 is 5.32 Å². The van der Waals surface area contributed by atoms with Gasteiger partial charge in [-0.15, -0.1) is 0 Å². The minimum Gasteiger partial charge on any atom is -0.310 e. The van der Waals surface area contributed by atoms with Crippen LogP contribution in [0.1, 0.15) is 26.3 Å². The van der Waals surface area contributed by atoms with E-state index in [1.54, 1.807) is 6.07 Å². The van der Waals surface area contributed by atoms with E-state index in [9.17, 15) is 4.79 Å². The molecule has 0 saturated heterocycles. The van der Waals surface area contributed by atoms with Crippen molar-refractivity contribution in [3.05, 3.63) is 60.2 Å². The molecular weight excluding hydrogens is 322 g/mol. The number of hydrogen-bond donors (Lipinski definition) is 1. The lowest BCUT2D eigenvalue weighted by atomic mass is 9.95. The number of anilines is 1. The van der Waals surface area contributed by atoms with Gasteiger partial charge in [-0.2, -0.15) is 5.26 Å². The third-order valence-corrected chi connectivity index (χ3v) is 4.23. The molecule has 0 aliphatic heterocycles. The van der Waals surface area contributed by atoms with Gasteiger partial charge in [0.1, 0.15) is 5.82 Å². The Labute approximate surface area is 153 Å². The van der Waals surface area contributed by atoms with Gasteiger partial charge in [0.05, 0.1) is 18.2 Å². The topological polar surface area (TPSA) is 65.8 Å². The van der Waals surface area contributed by atoms with Crippen molar-refractivity contribution in [2.24, 2.45) is 5.41 Å². The van der Waals surface area contributed by atoms with Gasteiger partial charge in [-0.3, -0.25) is 4.79 Å². The van der Waals surface area contributed by atoms with Crippen LogP contribution in [0, 0.1) is 16.7 Å². The van der Waals surface area contributed by atoms with Crippen LogP contribution >= 0.6 is 0 Å². The first-order chi connectivity index (χ1) is 12.4. The van der Waals surface area contributed by atoms with Crippen LogP contribution in [0.3, 0.4) is 0 Å². The van der Waals surface area contributed by atoms with E-state index in [0.29, 0.717) is 12.2 Å². The second-order valence-corrected chi connectivity index (χ2v) is 7.26. The van der Waals surface area contributed by atoms with Crippen LogP contribution in [0.2, 0.25) is 0 Å². The summed E-state index contributed by atoms with van der Waals surface area (Å²) in [5, 5.41) is 14.0. The quantitative estimate of drug-likeness (QED) is 0.731. The van der Waals surface area contributed by atoms with Crippen LogP contribution in [0.15, 0.2) is 54.6 Å². The monoisotopic (exact) mass is 343 g/mol. The molecule has 0 radical (unpaired) electrons. The first kappa shape index (κ1) is 17.6. The van der Waals surface area contributed by atoms with Gasteiger partial charge in [0.25, 0.3) is 0 Å². The molecule has 130 valence electrons. The smallest absolute Gasteiger partial charge is 0.230 e. The highest BCUT2D eigenvalue weighted by Gasteiger charge is 2.21. The highest BCUT2D eigenvalue weighted by atomic mass is 16.2. The zero-order chi connectivity index (χ0) is 18.7. The number of fused-ring (bicyclic) bond motifs is 1. The molecule has 1 amide bonds. The number of amides is 1. The molecular formula is C22H21N3O. The SMILES string of the molecule is CC(C)(C)C(=O)Nc1cccc(-c2ccc(CC#N)c3ccccc23)n1. The van der Waals surface area contributed by atoms with Gasteiger partial charge in [0, 0.05) is 11.0 Å². The number of pyridine rings is 1. The molecule has 3 aromatic rings. The molecule has 26 heavy (non-hydrogen) atoms. The highest BCUT2D eigenvalue weighted by molar-refractivity contribution is 5.98. The highest BCUT2D eigenvalue weighted by Crippen LogP contribution is 2.30. The summed E-state index contributed by atoms with van der Waals surface area (Å²) in [5.41, 5.74) is 2.29. The minimum atomic E-state index is -0.483. The summed E-state index contributed by atoms with van der Waals surface area (Å²) >= 11 is 0. The van der Waals surface area contributed by atoms with E-state index in [4.69, 9.17) is 5.26 Å². The molecule has 4 heteroatoms. The maximum atomic E-state index is 12.2. The van der Waals surface area contributed by atoms with Gasteiger partial charge in [-0.25, -0.2) is 4.98 Å². The van der Waals surface area contributed by atoms with Crippen LogP contribution in [-0.4, -0.2) is 10.9 Å². The Bertz CT molecular complexity index is 1010. The molecule has 0 atom stereocenters. The Hall–Kier alpha value is -3.19. The summed E-state index contributed by atoms with van der Waals surface area (Å²) in [6.45, 7) is 5.61. The van der Waals surface area contributed by atoms with E-state index in [2.05, 4.69) is 16.4 Å². The van der Waals surface area contributed by atoms with Gasteiger partial charge in [-0.1, -0.05) is 63.2 Å². The molecule has 0 aliphatic carbocycles. The summed E-state index contributed by atoms with van der Waals surface area (Å²) in [6, 6.07) is 19.8. The second-order valence-electron chi connectivity index (χ2n) is 7.26. The van der Waals surface area contributed by atoms with Crippen molar-refractivity contribution in [2.75, 3.05) is 5.32 Å². The summed E-state index contributed by atoms with van der Waals surface area (Å²) in [7, 11) is 0. The van der Waals surface area contributed by atoms with Gasteiger partial charge in [0.15, 0.2) is 0 Å². The summed E-state index contributed by atoms with van der Waals surface area (Å²) in [5.74, 6) is 0.462. The van der Waals surface area contributed by atoms with Crippen molar-refractivity contribution in [1.29, 1.82) is 5.26 Å². The van der Waals surface area contributed by atoms with Gasteiger partial charge >= 0.3 is 0 Å². The molecule has 0 spiro atoms. The second kappa shape index (κ2) is 6.97. The number of rotatable bonds is 3.